The van der Waals surface area contributed by atoms with Crippen molar-refractivity contribution in [2.24, 2.45) is 5.92 Å². The average molecular weight is 549 g/mol. The summed E-state index contributed by atoms with van der Waals surface area (Å²) in [5.74, 6) is 0.924. The number of hydrogen-bond donors (Lipinski definition) is 0. The predicted molar refractivity (Wildman–Crippen MR) is 155 cm³/mol. The Labute approximate surface area is 234 Å². The third-order valence-electron chi connectivity index (χ3n) is 7.77. The van der Waals surface area contributed by atoms with Gasteiger partial charge in [0, 0.05) is 24.1 Å². The van der Waals surface area contributed by atoms with Gasteiger partial charge >= 0.3 is 0 Å². The number of aromatic nitrogens is 2. The van der Waals surface area contributed by atoms with Gasteiger partial charge in [-0.25, -0.2) is 9.07 Å². The van der Waals surface area contributed by atoms with Crippen LogP contribution < -0.4 is 4.90 Å². The molecule has 2 aliphatic heterocycles. The molecular weight excluding hydrogens is 511 g/mol. The van der Waals surface area contributed by atoms with Crippen molar-refractivity contribution in [3.8, 4) is 5.69 Å². The Hall–Kier alpha value is -3.13. The molecule has 206 valence electrons. The highest BCUT2D eigenvalue weighted by atomic mass is 32.2. The summed E-state index contributed by atoms with van der Waals surface area (Å²) in [6, 6.07) is 14.4. The summed E-state index contributed by atoms with van der Waals surface area (Å²) in [6.07, 6.45) is 1.94. The minimum absolute atomic E-state index is 0.0439. The number of anilines is 1. The van der Waals surface area contributed by atoms with Gasteiger partial charge in [-0.2, -0.15) is 5.10 Å². The zero-order chi connectivity index (χ0) is 27.9. The number of hydrogen-bond acceptors (Lipinski definition) is 4. The zero-order valence-electron chi connectivity index (χ0n) is 23.4. The first-order valence-electron chi connectivity index (χ1n) is 13.7. The number of amides is 2. The highest BCUT2D eigenvalue weighted by molar-refractivity contribution is 8.00. The van der Waals surface area contributed by atoms with Crippen LogP contribution in [0.15, 0.2) is 48.5 Å². The number of aryl methyl sites for hydroxylation is 1. The van der Waals surface area contributed by atoms with Crippen LogP contribution in [-0.2, 0) is 15.0 Å². The second-order valence-electron chi connectivity index (χ2n) is 11.8. The summed E-state index contributed by atoms with van der Waals surface area (Å²) in [7, 11) is 0. The van der Waals surface area contributed by atoms with Crippen LogP contribution in [-0.4, -0.2) is 51.9 Å². The first-order valence-corrected chi connectivity index (χ1v) is 14.7. The van der Waals surface area contributed by atoms with Crippen LogP contribution in [0.4, 0.5) is 10.2 Å². The number of rotatable bonds is 4. The molecule has 3 heterocycles. The van der Waals surface area contributed by atoms with Gasteiger partial charge in [-0.05, 0) is 61.1 Å². The van der Waals surface area contributed by atoms with Crippen molar-refractivity contribution in [1.82, 2.24) is 14.7 Å². The Bertz CT molecular complexity index is 1370. The molecule has 2 aromatic carbocycles. The smallest absolute Gasteiger partial charge is 0.242 e. The number of carbonyl (C=O) groups is 2. The second-order valence-corrected chi connectivity index (χ2v) is 12.9. The summed E-state index contributed by atoms with van der Waals surface area (Å²) < 4.78 is 15.7. The topological polar surface area (TPSA) is 58.4 Å². The molecule has 0 saturated carbocycles. The number of carbonyl (C=O) groups excluding carboxylic acids is 2. The van der Waals surface area contributed by atoms with E-state index < -0.39 is 0 Å². The van der Waals surface area contributed by atoms with E-state index in [1.165, 1.54) is 12.1 Å². The molecule has 1 aromatic heterocycles. The molecule has 5 rings (SSSR count). The molecule has 0 unspecified atom stereocenters. The molecule has 0 aliphatic carbocycles. The highest BCUT2D eigenvalue weighted by Gasteiger charge is 2.40. The lowest BCUT2D eigenvalue weighted by Gasteiger charge is -2.32. The molecule has 39 heavy (non-hydrogen) atoms. The quantitative estimate of drug-likeness (QED) is 0.399. The predicted octanol–water partition coefficient (Wildman–Crippen LogP) is 6.05. The summed E-state index contributed by atoms with van der Waals surface area (Å²) in [5, 5.41) is 4.94. The van der Waals surface area contributed by atoms with Crippen molar-refractivity contribution in [3.05, 3.63) is 76.7 Å². The van der Waals surface area contributed by atoms with Gasteiger partial charge in [0.15, 0.2) is 0 Å². The fourth-order valence-corrected chi connectivity index (χ4v) is 6.75. The molecule has 3 aromatic rings. The summed E-state index contributed by atoms with van der Waals surface area (Å²) >= 11 is 1.58. The fraction of sp³-hybridized carbons (Fsp3) is 0.452. The van der Waals surface area contributed by atoms with Gasteiger partial charge in [0.25, 0.3) is 0 Å². The lowest BCUT2D eigenvalue weighted by molar-refractivity contribution is -0.132. The van der Waals surface area contributed by atoms with Crippen LogP contribution in [0.25, 0.3) is 5.69 Å². The molecule has 0 radical (unpaired) electrons. The SMILES string of the molecule is Cc1ccccc1[C@@H]1SCC(=O)N(CC(=O)N2CCC(C)CC2)c2c1c(C(C)(C)C)nn2-c1ccc(F)cc1. The minimum Gasteiger partial charge on any atom is -0.341 e. The number of halogens is 1. The summed E-state index contributed by atoms with van der Waals surface area (Å²) in [4.78, 5) is 30.9. The number of thioether (sulfide) groups is 1. The van der Waals surface area contributed by atoms with E-state index >= 15 is 0 Å². The monoisotopic (exact) mass is 548 g/mol. The molecule has 2 amide bonds. The van der Waals surface area contributed by atoms with E-state index in [0.29, 0.717) is 30.5 Å². The lowest BCUT2D eigenvalue weighted by atomic mass is 9.86. The van der Waals surface area contributed by atoms with E-state index in [4.69, 9.17) is 5.10 Å². The molecule has 6 nitrogen and oxygen atoms in total. The van der Waals surface area contributed by atoms with Gasteiger partial charge in [0.05, 0.1) is 22.4 Å². The van der Waals surface area contributed by atoms with Crippen molar-refractivity contribution in [2.75, 3.05) is 30.3 Å². The van der Waals surface area contributed by atoms with E-state index in [-0.39, 0.29) is 40.6 Å². The maximum atomic E-state index is 13.9. The summed E-state index contributed by atoms with van der Waals surface area (Å²) in [5.41, 5.74) is 4.37. The van der Waals surface area contributed by atoms with Crippen molar-refractivity contribution >= 4 is 29.4 Å². The standard InChI is InChI=1S/C31H37FN4O2S/c1-20-14-16-34(17-15-20)25(37)18-35-26(38)19-39-28(24-9-7-6-8-21(24)2)27-29(31(3,4)5)33-36(30(27)35)23-12-10-22(32)11-13-23/h6-13,20,28H,14-19H2,1-5H3/t28-/m0/s1. The molecule has 0 N–H and O–H groups in total. The van der Waals surface area contributed by atoms with E-state index in [0.717, 1.165) is 35.2 Å². The van der Waals surface area contributed by atoms with Crippen LogP contribution in [0, 0.1) is 18.7 Å². The van der Waals surface area contributed by atoms with Gasteiger partial charge in [-0.3, -0.25) is 14.5 Å². The molecule has 1 fully saturated rings. The Morgan fingerprint density at radius 1 is 1.08 bits per heavy atom. The van der Waals surface area contributed by atoms with Crippen LogP contribution >= 0.6 is 11.8 Å². The molecule has 0 spiro atoms. The van der Waals surface area contributed by atoms with E-state index in [1.807, 2.05) is 17.0 Å². The fourth-order valence-electron chi connectivity index (χ4n) is 5.46. The van der Waals surface area contributed by atoms with Gasteiger partial charge in [-0.15, -0.1) is 11.8 Å². The molecular formula is C31H37FN4O2S. The van der Waals surface area contributed by atoms with Crippen LogP contribution in [0.1, 0.15) is 68.2 Å². The number of benzene rings is 2. The third kappa shape index (κ3) is 5.49. The normalized spacial score (nSPS) is 18.7. The van der Waals surface area contributed by atoms with E-state index in [2.05, 4.69) is 46.8 Å². The van der Waals surface area contributed by atoms with Crippen LogP contribution in [0.3, 0.4) is 0 Å². The van der Waals surface area contributed by atoms with Crippen LogP contribution in [0.5, 0.6) is 0 Å². The maximum absolute atomic E-state index is 13.9. The lowest BCUT2D eigenvalue weighted by Crippen LogP contribution is -2.46. The Morgan fingerprint density at radius 2 is 1.74 bits per heavy atom. The van der Waals surface area contributed by atoms with Gasteiger partial charge in [-0.1, -0.05) is 52.0 Å². The van der Waals surface area contributed by atoms with Gasteiger partial charge < -0.3 is 4.90 Å². The largest absolute Gasteiger partial charge is 0.341 e. The Morgan fingerprint density at radius 3 is 2.38 bits per heavy atom. The van der Waals surface area contributed by atoms with Gasteiger partial charge in [0.2, 0.25) is 11.8 Å². The van der Waals surface area contributed by atoms with Crippen molar-refractivity contribution in [1.29, 1.82) is 0 Å². The first kappa shape index (κ1) is 27.4. The van der Waals surface area contributed by atoms with Gasteiger partial charge in [0.1, 0.15) is 18.2 Å². The number of piperidine rings is 1. The summed E-state index contributed by atoms with van der Waals surface area (Å²) in [6.45, 7) is 12.0. The average Bonchev–Trinajstić information content (AvgIpc) is 3.23. The number of likely N-dealkylation sites (tertiary alicyclic amines) is 1. The minimum atomic E-state index is -0.344. The number of nitrogens with zero attached hydrogens (tertiary/aromatic N) is 4. The third-order valence-corrected chi connectivity index (χ3v) is 9.01. The molecule has 0 bridgehead atoms. The molecule has 1 saturated heterocycles. The Kier molecular flexibility index (Phi) is 7.60. The zero-order valence-corrected chi connectivity index (χ0v) is 24.2. The van der Waals surface area contributed by atoms with Crippen LogP contribution in [0.2, 0.25) is 0 Å². The maximum Gasteiger partial charge on any atom is 0.242 e. The van der Waals surface area contributed by atoms with Crippen molar-refractivity contribution in [2.45, 2.75) is 58.1 Å². The first-order chi connectivity index (χ1) is 18.5. The molecule has 1 atom stereocenters. The Balaban J connectivity index is 1.71. The number of fused-ring (bicyclic) bond motifs is 1. The molecule has 8 heteroatoms. The van der Waals surface area contributed by atoms with Crippen molar-refractivity contribution < 1.29 is 14.0 Å². The van der Waals surface area contributed by atoms with Crippen molar-refractivity contribution in [3.63, 3.8) is 0 Å². The second kappa shape index (κ2) is 10.8. The highest BCUT2D eigenvalue weighted by Crippen LogP contribution is 2.49. The van der Waals surface area contributed by atoms with E-state index in [1.54, 1.807) is 33.5 Å². The molecule has 2 aliphatic rings. The van der Waals surface area contributed by atoms with E-state index in [9.17, 15) is 14.0 Å².